The van der Waals surface area contributed by atoms with Crippen molar-refractivity contribution >= 4 is 23.2 Å². The van der Waals surface area contributed by atoms with E-state index >= 15 is 0 Å². The number of benzene rings is 2. The van der Waals surface area contributed by atoms with Crippen LogP contribution in [0.3, 0.4) is 0 Å². The predicted molar refractivity (Wildman–Crippen MR) is 97.6 cm³/mol. The lowest BCUT2D eigenvalue weighted by Crippen LogP contribution is -2.26. The van der Waals surface area contributed by atoms with Gasteiger partial charge in [-0.3, -0.25) is 9.59 Å². The van der Waals surface area contributed by atoms with E-state index in [4.69, 9.17) is 4.74 Å². The number of carbonyl (C=O) groups is 2. The number of rotatable bonds is 7. The first-order chi connectivity index (χ1) is 12.4. The van der Waals surface area contributed by atoms with Gasteiger partial charge in [-0.25, -0.2) is 9.82 Å². The number of aryl methyl sites for hydroxylation is 1. The van der Waals surface area contributed by atoms with E-state index in [0.29, 0.717) is 17.1 Å². The van der Waals surface area contributed by atoms with E-state index in [9.17, 15) is 14.0 Å². The van der Waals surface area contributed by atoms with Crippen LogP contribution in [0.5, 0.6) is 5.75 Å². The maximum Gasteiger partial charge on any atom is 0.277 e. The zero-order chi connectivity index (χ0) is 18.9. The molecular formula is C19H20FN3O3. The van der Waals surface area contributed by atoms with Gasteiger partial charge in [0.1, 0.15) is 11.6 Å². The van der Waals surface area contributed by atoms with E-state index in [1.165, 1.54) is 24.3 Å². The van der Waals surface area contributed by atoms with Crippen LogP contribution in [0.2, 0.25) is 0 Å². The summed E-state index contributed by atoms with van der Waals surface area (Å²) in [6.45, 7) is 3.32. The maximum atomic E-state index is 12.8. The normalized spacial score (nSPS) is 11.0. The summed E-state index contributed by atoms with van der Waals surface area (Å²) in [6, 6.07) is 12.8. The van der Waals surface area contributed by atoms with Crippen LogP contribution >= 0.6 is 0 Å². The fourth-order valence-electron chi connectivity index (χ4n) is 2.06. The van der Waals surface area contributed by atoms with Crippen molar-refractivity contribution in [3.63, 3.8) is 0 Å². The molecule has 0 unspecified atom stereocenters. The summed E-state index contributed by atoms with van der Waals surface area (Å²) in [5.41, 5.74) is 4.18. The molecule has 0 radical (unpaired) electrons. The predicted octanol–water partition coefficient (Wildman–Crippen LogP) is 3.03. The van der Waals surface area contributed by atoms with E-state index in [0.717, 1.165) is 5.56 Å². The second kappa shape index (κ2) is 9.31. The zero-order valence-electron chi connectivity index (χ0n) is 14.6. The van der Waals surface area contributed by atoms with Gasteiger partial charge in [0.2, 0.25) is 5.91 Å². The first-order valence-corrected chi connectivity index (χ1v) is 8.00. The molecule has 0 bridgehead atoms. The number of ether oxygens (including phenoxy) is 1. The average molecular weight is 357 g/mol. The third-order valence-corrected chi connectivity index (χ3v) is 3.37. The van der Waals surface area contributed by atoms with Crippen molar-refractivity contribution in [2.45, 2.75) is 20.3 Å². The molecular weight excluding hydrogens is 337 g/mol. The van der Waals surface area contributed by atoms with Gasteiger partial charge < -0.3 is 10.1 Å². The summed E-state index contributed by atoms with van der Waals surface area (Å²) in [7, 11) is 0. The minimum Gasteiger partial charge on any atom is -0.483 e. The molecule has 26 heavy (non-hydrogen) atoms. The Hall–Kier alpha value is -3.22. The summed E-state index contributed by atoms with van der Waals surface area (Å²) < 4.78 is 18.2. The minimum absolute atomic E-state index is 0.00366. The molecule has 2 rings (SSSR count). The molecule has 0 fully saturated rings. The van der Waals surface area contributed by atoms with Crippen LogP contribution in [0.1, 0.15) is 18.9 Å². The first-order valence-electron chi connectivity index (χ1n) is 8.00. The minimum atomic E-state index is -0.424. The van der Waals surface area contributed by atoms with Crippen LogP contribution in [0.25, 0.3) is 0 Å². The molecule has 0 saturated heterocycles. The smallest absolute Gasteiger partial charge is 0.277 e. The Balaban J connectivity index is 1.76. The van der Waals surface area contributed by atoms with Crippen molar-refractivity contribution in [3.05, 3.63) is 59.9 Å². The molecule has 2 aromatic rings. The lowest BCUT2D eigenvalue weighted by Gasteiger charge is -2.08. The van der Waals surface area contributed by atoms with Crippen LogP contribution < -0.4 is 15.5 Å². The lowest BCUT2D eigenvalue weighted by molar-refractivity contribution is -0.123. The van der Waals surface area contributed by atoms with E-state index < -0.39 is 5.91 Å². The summed E-state index contributed by atoms with van der Waals surface area (Å²) in [4.78, 5) is 23.6. The molecule has 2 N–H and O–H groups in total. The number of hydrogen-bond donors (Lipinski definition) is 2. The Morgan fingerprint density at radius 3 is 2.46 bits per heavy atom. The fraction of sp³-hybridized carbons (Fsp3) is 0.211. The molecule has 2 aromatic carbocycles. The summed E-state index contributed by atoms with van der Waals surface area (Å²) in [5, 5.41) is 6.49. The standard InChI is InChI=1S/C19H20FN3O3/c1-13-5-3-4-6-17(13)26-12-19(25)23-22-14(2)11-18(24)21-16-9-7-15(20)8-10-16/h3-10H,11-12H2,1-2H3,(H,21,24)(H,23,25)/b22-14-. The van der Waals surface area contributed by atoms with Gasteiger partial charge in [0.25, 0.3) is 5.91 Å². The maximum absolute atomic E-state index is 12.8. The second-order valence-corrected chi connectivity index (χ2v) is 5.67. The molecule has 0 aromatic heterocycles. The molecule has 0 heterocycles. The number of amides is 2. The number of anilines is 1. The highest BCUT2D eigenvalue weighted by molar-refractivity contribution is 6.05. The van der Waals surface area contributed by atoms with Gasteiger partial charge in [-0.2, -0.15) is 5.10 Å². The van der Waals surface area contributed by atoms with Crippen molar-refractivity contribution < 1.29 is 18.7 Å². The Morgan fingerprint density at radius 2 is 1.77 bits per heavy atom. The van der Waals surface area contributed by atoms with Gasteiger partial charge in [-0.05, 0) is 49.7 Å². The molecule has 0 atom stereocenters. The molecule has 0 aliphatic rings. The number of hydrogen-bond acceptors (Lipinski definition) is 4. The van der Waals surface area contributed by atoms with Gasteiger partial charge in [-0.1, -0.05) is 18.2 Å². The largest absolute Gasteiger partial charge is 0.483 e. The third kappa shape index (κ3) is 6.35. The average Bonchev–Trinajstić information content (AvgIpc) is 2.61. The van der Waals surface area contributed by atoms with Crippen molar-refractivity contribution in [1.82, 2.24) is 5.43 Å². The monoisotopic (exact) mass is 357 g/mol. The number of carbonyl (C=O) groups excluding carboxylic acids is 2. The van der Waals surface area contributed by atoms with Gasteiger partial charge in [0.05, 0.1) is 6.42 Å². The Kier molecular flexibility index (Phi) is 6.84. The Bertz CT molecular complexity index is 804. The molecule has 2 amide bonds. The Morgan fingerprint density at radius 1 is 1.08 bits per heavy atom. The molecule has 136 valence electrons. The quantitative estimate of drug-likeness (QED) is 0.590. The van der Waals surface area contributed by atoms with Gasteiger partial charge >= 0.3 is 0 Å². The van der Waals surface area contributed by atoms with E-state index in [1.54, 1.807) is 13.0 Å². The topological polar surface area (TPSA) is 79.8 Å². The lowest BCUT2D eigenvalue weighted by atomic mass is 10.2. The summed E-state index contributed by atoms with van der Waals surface area (Å²) >= 11 is 0. The van der Waals surface area contributed by atoms with Crippen molar-refractivity contribution in [3.8, 4) is 5.75 Å². The molecule has 6 nitrogen and oxygen atoms in total. The van der Waals surface area contributed by atoms with Gasteiger partial charge in [0, 0.05) is 11.4 Å². The van der Waals surface area contributed by atoms with E-state index in [1.807, 2.05) is 25.1 Å². The van der Waals surface area contributed by atoms with Crippen molar-refractivity contribution in [2.24, 2.45) is 5.10 Å². The first kappa shape index (κ1) is 19.1. The second-order valence-electron chi connectivity index (χ2n) is 5.67. The molecule has 0 aliphatic carbocycles. The zero-order valence-corrected chi connectivity index (χ0v) is 14.6. The SMILES string of the molecule is C/C(CC(=O)Nc1ccc(F)cc1)=N/NC(=O)COc1ccccc1C. The van der Waals surface area contributed by atoms with Crippen LogP contribution in [-0.4, -0.2) is 24.1 Å². The van der Waals surface area contributed by atoms with E-state index in [-0.39, 0.29) is 24.8 Å². The highest BCUT2D eigenvalue weighted by atomic mass is 19.1. The third-order valence-electron chi connectivity index (χ3n) is 3.37. The number of nitrogens with zero attached hydrogens (tertiary/aromatic N) is 1. The molecule has 7 heteroatoms. The van der Waals surface area contributed by atoms with E-state index in [2.05, 4.69) is 15.8 Å². The van der Waals surface area contributed by atoms with Crippen LogP contribution in [0.4, 0.5) is 10.1 Å². The highest BCUT2D eigenvalue weighted by Crippen LogP contribution is 2.15. The summed E-state index contributed by atoms with van der Waals surface area (Å²) in [6.07, 6.45) is -0.00366. The molecule has 0 saturated carbocycles. The molecule has 0 spiro atoms. The van der Waals surface area contributed by atoms with Crippen LogP contribution in [0, 0.1) is 12.7 Å². The number of hydrazone groups is 1. The summed E-state index contributed by atoms with van der Waals surface area (Å²) in [5.74, 6) is -0.492. The number of halogens is 1. The highest BCUT2D eigenvalue weighted by Gasteiger charge is 2.07. The van der Waals surface area contributed by atoms with Crippen LogP contribution in [0.15, 0.2) is 53.6 Å². The number of para-hydroxylation sites is 1. The fourth-order valence-corrected chi connectivity index (χ4v) is 2.06. The van der Waals surface area contributed by atoms with Crippen LogP contribution in [-0.2, 0) is 9.59 Å². The number of nitrogens with one attached hydrogen (secondary N) is 2. The Labute approximate surface area is 151 Å². The van der Waals surface area contributed by atoms with Gasteiger partial charge in [0.15, 0.2) is 6.61 Å². The molecule has 0 aliphatic heterocycles. The van der Waals surface area contributed by atoms with Crippen molar-refractivity contribution in [1.29, 1.82) is 0 Å². The van der Waals surface area contributed by atoms with Gasteiger partial charge in [-0.15, -0.1) is 0 Å². The van der Waals surface area contributed by atoms with Crippen molar-refractivity contribution in [2.75, 3.05) is 11.9 Å².